The predicted molar refractivity (Wildman–Crippen MR) is 113 cm³/mol. The zero-order valence-electron chi connectivity index (χ0n) is 15.9. The van der Waals surface area contributed by atoms with Gasteiger partial charge in [-0.25, -0.2) is 17.9 Å². The van der Waals surface area contributed by atoms with Gasteiger partial charge in [-0.05, 0) is 55.5 Å². The second-order valence-corrected chi connectivity index (χ2v) is 9.03. The van der Waals surface area contributed by atoms with Gasteiger partial charge in [-0.15, -0.1) is 0 Å². The number of sulfonamides is 1. The number of benzene rings is 2. The average molecular weight is 492 g/mol. The summed E-state index contributed by atoms with van der Waals surface area (Å²) < 4.78 is 38.2. The van der Waals surface area contributed by atoms with Gasteiger partial charge in [0.1, 0.15) is 5.76 Å². The van der Waals surface area contributed by atoms with Crippen molar-refractivity contribution in [2.75, 3.05) is 0 Å². The lowest BCUT2D eigenvalue weighted by Gasteiger charge is -2.13. The lowest BCUT2D eigenvalue weighted by molar-refractivity contribution is 0.0318. The molecule has 0 saturated carbocycles. The van der Waals surface area contributed by atoms with Gasteiger partial charge >= 0.3 is 5.97 Å². The topological polar surface area (TPSA) is 103 Å². The Kier molecular flexibility index (Phi) is 6.86. The molecule has 1 aromatic heterocycles. The first kappa shape index (κ1) is 21.9. The van der Waals surface area contributed by atoms with Crippen LogP contribution in [0.3, 0.4) is 0 Å². The SMILES string of the molecule is CC(OC(=O)c1ccc(S(=O)(=O)NCc2ccco2)cc1)C(=O)c1ccc(Br)cc1. The summed E-state index contributed by atoms with van der Waals surface area (Å²) in [4.78, 5) is 24.7. The molecule has 0 aliphatic carbocycles. The third-order valence-electron chi connectivity index (χ3n) is 4.20. The Morgan fingerprint density at radius 1 is 1.03 bits per heavy atom. The molecule has 1 unspecified atom stereocenters. The van der Waals surface area contributed by atoms with Crippen molar-refractivity contribution in [2.24, 2.45) is 0 Å². The van der Waals surface area contributed by atoms with E-state index in [1.807, 2.05) is 0 Å². The Morgan fingerprint density at radius 3 is 2.27 bits per heavy atom. The number of carbonyl (C=O) groups is 2. The minimum absolute atomic E-state index is 0.00874. The molecule has 0 bridgehead atoms. The molecule has 0 amide bonds. The number of hydrogen-bond acceptors (Lipinski definition) is 6. The molecule has 1 heterocycles. The Labute approximate surface area is 182 Å². The zero-order valence-corrected chi connectivity index (χ0v) is 18.3. The van der Waals surface area contributed by atoms with E-state index in [1.54, 1.807) is 36.4 Å². The Morgan fingerprint density at radius 2 is 1.67 bits per heavy atom. The fourth-order valence-electron chi connectivity index (χ4n) is 2.56. The summed E-state index contributed by atoms with van der Waals surface area (Å²) in [5, 5.41) is 0. The summed E-state index contributed by atoms with van der Waals surface area (Å²) in [7, 11) is -3.77. The number of nitrogens with one attached hydrogen (secondary N) is 1. The maximum absolute atomic E-state index is 12.4. The maximum Gasteiger partial charge on any atom is 0.338 e. The quantitative estimate of drug-likeness (QED) is 0.378. The van der Waals surface area contributed by atoms with Gasteiger partial charge in [-0.2, -0.15) is 0 Å². The molecule has 0 fully saturated rings. The maximum atomic E-state index is 12.4. The predicted octanol–water partition coefficient (Wildman–Crippen LogP) is 3.95. The van der Waals surface area contributed by atoms with Gasteiger partial charge < -0.3 is 9.15 Å². The molecule has 3 aromatic rings. The van der Waals surface area contributed by atoms with Crippen molar-refractivity contribution in [3.8, 4) is 0 Å². The largest absolute Gasteiger partial charge is 0.468 e. The molecule has 30 heavy (non-hydrogen) atoms. The Bertz CT molecular complexity index is 1120. The van der Waals surface area contributed by atoms with Crippen molar-refractivity contribution in [2.45, 2.75) is 24.5 Å². The van der Waals surface area contributed by atoms with Crippen LogP contribution in [0.1, 0.15) is 33.4 Å². The van der Waals surface area contributed by atoms with Crippen LogP contribution in [0.2, 0.25) is 0 Å². The van der Waals surface area contributed by atoms with Gasteiger partial charge in [0.25, 0.3) is 0 Å². The highest BCUT2D eigenvalue weighted by atomic mass is 79.9. The first-order valence-corrected chi connectivity index (χ1v) is 11.2. The van der Waals surface area contributed by atoms with E-state index in [0.717, 1.165) is 4.47 Å². The lowest BCUT2D eigenvalue weighted by atomic mass is 10.1. The van der Waals surface area contributed by atoms with Crippen LogP contribution < -0.4 is 4.72 Å². The van der Waals surface area contributed by atoms with Crippen molar-refractivity contribution in [3.05, 3.63) is 88.3 Å². The smallest absolute Gasteiger partial charge is 0.338 e. The first-order valence-electron chi connectivity index (χ1n) is 8.89. The Balaban J connectivity index is 1.62. The van der Waals surface area contributed by atoms with Gasteiger partial charge in [0.2, 0.25) is 15.8 Å². The molecule has 156 valence electrons. The van der Waals surface area contributed by atoms with Gasteiger partial charge in [0.15, 0.2) is 6.10 Å². The number of furan rings is 1. The van der Waals surface area contributed by atoms with E-state index in [9.17, 15) is 18.0 Å². The summed E-state index contributed by atoms with van der Waals surface area (Å²) in [6.45, 7) is 1.49. The van der Waals surface area contributed by atoms with E-state index < -0.39 is 22.1 Å². The number of hydrogen-bond donors (Lipinski definition) is 1. The summed E-state index contributed by atoms with van der Waals surface area (Å²) in [5.41, 5.74) is 0.554. The van der Waals surface area contributed by atoms with E-state index in [1.165, 1.54) is 37.5 Å². The molecule has 0 aliphatic rings. The molecule has 1 N–H and O–H groups in total. The Hall–Kier alpha value is -2.75. The lowest BCUT2D eigenvalue weighted by Crippen LogP contribution is -2.25. The van der Waals surface area contributed by atoms with Crippen molar-refractivity contribution < 1.29 is 27.2 Å². The van der Waals surface area contributed by atoms with E-state index >= 15 is 0 Å². The normalized spacial score (nSPS) is 12.3. The van der Waals surface area contributed by atoms with Crippen LogP contribution in [0.4, 0.5) is 0 Å². The number of Topliss-reactive ketones (excluding diaryl/α,β-unsaturated/α-hetero) is 1. The minimum Gasteiger partial charge on any atom is -0.468 e. The first-order chi connectivity index (χ1) is 14.3. The highest BCUT2D eigenvalue weighted by Gasteiger charge is 2.21. The second-order valence-electron chi connectivity index (χ2n) is 6.35. The number of halogens is 1. The van der Waals surface area contributed by atoms with Crippen LogP contribution in [0.25, 0.3) is 0 Å². The molecule has 0 aliphatic heterocycles. The molecule has 2 aromatic carbocycles. The number of rotatable bonds is 8. The second kappa shape index (κ2) is 9.38. The van der Waals surface area contributed by atoms with Gasteiger partial charge in [0, 0.05) is 10.0 Å². The standard InChI is InChI=1S/C21H18BrNO6S/c1-14(20(24)15-4-8-17(22)9-5-15)29-21(25)16-6-10-19(11-7-16)30(26,27)23-13-18-3-2-12-28-18/h2-12,14,23H,13H2,1H3. The number of esters is 1. The molecule has 0 spiro atoms. The molecule has 1 atom stereocenters. The van der Waals surface area contributed by atoms with Gasteiger partial charge in [0.05, 0.1) is 23.3 Å². The number of carbonyl (C=O) groups excluding carboxylic acids is 2. The molecule has 9 heteroatoms. The van der Waals surface area contributed by atoms with Crippen LogP contribution >= 0.6 is 15.9 Å². The highest BCUT2D eigenvalue weighted by molar-refractivity contribution is 9.10. The van der Waals surface area contributed by atoms with Gasteiger partial charge in [-0.3, -0.25) is 4.79 Å². The summed E-state index contributed by atoms with van der Waals surface area (Å²) in [5.74, 6) is -0.583. The van der Waals surface area contributed by atoms with Crippen molar-refractivity contribution >= 4 is 37.7 Å². The van der Waals surface area contributed by atoms with Crippen LogP contribution in [0.5, 0.6) is 0 Å². The summed E-state index contributed by atoms with van der Waals surface area (Å²) in [6.07, 6.45) is 0.462. The fraction of sp³-hybridized carbons (Fsp3) is 0.143. The highest BCUT2D eigenvalue weighted by Crippen LogP contribution is 2.16. The molecule has 7 nitrogen and oxygen atoms in total. The van der Waals surface area contributed by atoms with Crippen LogP contribution in [0, 0.1) is 0 Å². The summed E-state index contributed by atoms with van der Waals surface area (Å²) >= 11 is 3.29. The van der Waals surface area contributed by atoms with Crippen molar-refractivity contribution in [1.82, 2.24) is 4.72 Å². The van der Waals surface area contributed by atoms with Crippen molar-refractivity contribution in [3.63, 3.8) is 0 Å². The third kappa shape index (κ3) is 5.44. The molecular formula is C21H18BrNO6S. The van der Waals surface area contributed by atoms with E-state index in [-0.39, 0.29) is 22.8 Å². The van der Waals surface area contributed by atoms with Gasteiger partial charge in [-0.1, -0.05) is 28.1 Å². The number of ether oxygens (including phenoxy) is 1. The van der Waals surface area contributed by atoms with Crippen LogP contribution in [-0.2, 0) is 21.3 Å². The van der Waals surface area contributed by atoms with E-state index in [0.29, 0.717) is 11.3 Å². The third-order valence-corrected chi connectivity index (χ3v) is 6.14. The fourth-order valence-corrected chi connectivity index (χ4v) is 3.82. The molecule has 0 saturated heterocycles. The minimum atomic E-state index is -3.77. The van der Waals surface area contributed by atoms with Crippen molar-refractivity contribution in [1.29, 1.82) is 0 Å². The zero-order chi connectivity index (χ0) is 21.7. The summed E-state index contributed by atoms with van der Waals surface area (Å²) in [6, 6.07) is 15.3. The van der Waals surface area contributed by atoms with Crippen LogP contribution in [0.15, 0.2) is 80.7 Å². The average Bonchev–Trinajstić information content (AvgIpc) is 3.26. The monoisotopic (exact) mass is 491 g/mol. The van der Waals surface area contributed by atoms with E-state index in [4.69, 9.17) is 9.15 Å². The van der Waals surface area contributed by atoms with Crippen LogP contribution in [-0.4, -0.2) is 26.3 Å². The molecule has 3 rings (SSSR count). The van der Waals surface area contributed by atoms with E-state index in [2.05, 4.69) is 20.7 Å². The number of ketones is 1. The molecule has 0 radical (unpaired) electrons. The molecular weight excluding hydrogens is 474 g/mol.